The zero-order valence-electron chi connectivity index (χ0n) is 13.7. The number of hydrogen-bond donors (Lipinski definition) is 1. The molecule has 0 aromatic heterocycles. The highest BCUT2D eigenvalue weighted by Crippen LogP contribution is 2.34. The minimum Gasteiger partial charge on any atom is -0.504 e. The van der Waals surface area contributed by atoms with E-state index in [1.54, 1.807) is 48.5 Å². The van der Waals surface area contributed by atoms with E-state index in [4.69, 9.17) is 4.74 Å². The van der Waals surface area contributed by atoms with Gasteiger partial charge in [0, 0.05) is 16.7 Å². The smallest absolute Gasteiger partial charge is 0.193 e. The topological polar surface area (TPSA) is 46.5 Å². The van der Waals surface area contributed by atoms with Crippen LogP contribution in [0.1, 0.15) is 21.5 Å². The number of allylic oxidation sites excluding steroid dienone is 1. The number of benzene rings is 3. The first-order valence-electron chi connectivity index (χ1n) is 7.98. The van der Waals surface area contributed by atoms with Gasteiger partial charge in [-0.15, -0.1) is 6.58 Å². The Morgan fingerprint density at radius 3 is 2.28 bits per heavy atom. The van der Waals surface area contributed by atoms with Crippen LogP contribution in [0.2, 0.25) is 0 Å². The number of phenolic OH excluding ortho intramolecular Hbond substituents is 1. The van der Waals surface area contributed by atoms with E-state index in [1.165, 1.54) is 0 Å². The molecule has 0 aliphatic rings. The summed E-state index contributed by atoms with van der Waals surface area (Å²) in [6.45, 7) is 3.68. The van der Waals surface area contributed by atoms with Crippen LogP contribution in [0.15, 0.2) is 85.5 Å². The third-order valence-electron chi connectivity index (χ3n) is 3.83. The third kappa shape index (κ3) is 3.78. The van der Waals surface area contributed by atoms with Crippen molar-refractivity contribution in [1.82, 2.24) is 0 Å². The van der Waals surface area contributed by atoms with Crippen molar-refractivity contribution < 1.29 is 14.6 Å². The highest BCUT2D eigenvalue weighted by molar-refractivity contribution is 6.08. The van der Waals surface area contributed by atoms with E-state index in [0.717, 1.165) is 5.56 Å². The summed E-state index contributed by atoms with van der Waals surface area (Å²) >= 11 is 0. The Morgan fingerprint density at radius 2 is 1.60 bits per heavy atom. The molecule has 0 fully saturated rings. The predicted octanol–water partition coefficient (Wildman–Crippen LogP) is 5.14. The first kappa shape index (κ1) is 16.5. The van der Waals surface area contributed by atoms with E-state index < -0.39 is 0 Å². The standard InChI is InChI=1S/C22H18O3/c1-2-7-16-10-6-11-20(22(16)24)25-19-14-12-18(13-15-19)21(23)17-8-4-3-5-9-17/h2-6,8-15,24H,1,7H2. The number of ether oxygens (including phenoxy) is 1. The van der Waals surface area contributed by atoms with Gasteiger partial charge in [-0.25, -0.2) is 0 Å². The fourth-order valence-corrected chi connectivity index (χ4v) is 2.53. The molecule has 0 aliphatic heterocycles. The van der Waals surface area contributed by atoms with Crippen LogP contribution in [0.5, 0.6) is 17.2 Å². The second-order valence-corrected chi connectivity index (χ2v) is 5.58. The van der Waals surface area contributed by atoms with Gasteiger partial charge in [-0.2, -0.15) is 0 Å². The van der Waals surface area contributed by atoms with Gasteiger partial charge in [0.1, 0.15) is 5.75 Å². The first-order chi connectivity index (χ1) is 12.2. The van der Waals surface area contributed by atoms with Gasteiger partial charge in [0.05, 0.1) is 0 Å². The number of ketones is 1. The summed E-state index contributed by atoms with van der Waals surface area (Å²) < 4.78 is 5.74. The maximum atomic E-state index is 12.4. The molecular weight excluding hydrogens is 312 g/mol. The van der Waals surface area contributed by atoms with E-state index in [0.29, 0.717) is 29.0 Å². The largest absolute Gasteiger partial charge is 0.504 e. The summed E-state index contributed by atoms with van der Waals surface area (Å²) in [5.41, 5.74) is 1.98. The summed E-state index contributed by atoms with van der Waals surface area (Å²) in [5.74, 6) is 0.993. The second kappa shape index (κ2) is 7.49. The lowest BCUT2D eigenvalue weighted by molar-refractivity contribution is 0.103. The van der Waals surface area contributed by atoms with Crippen molar-refractivity contribution in [2.24, 2.45) is 0 Å². The number of carbonyl (C=O) groups is 1. The lowest BCUT2D eigenvalue weighted by atomic mass is 10.0. The number of hydrogen-bond acceptors (Lipinski definition) is 3. The molecule has 124 valence electrons. The second-order valence-electron chi connectivity index (χ2n) is 5.58. The van der Waals surface area contributed by atoms with Gasteiger partial charge in [0.15, 0.2) is 17.3 Å². The Morgan fingerprint density at radius 1 is 0.920 bits per heavy atom. The fourth-order valence-electron chi connectivity index (χ4n) is 2.53. The molecular formula is C22H18O3. The van der Waals surface area contributed by atoms with Gasteiger partial charge < -0.3 is 9.84 Å². The SMILES string of the molecule is C=CCc1cccc(Oc2ccc(C(=O)c3ccccc3)cc2)c1O. The average molecular weight is 330 g/mol. The summed E-state index contributed by atoms with van der Waals surface area (Å²) in [7, 11) is 0. The van der Waals surface area contributed by atoms with Crippen LogP contribution in [0.3, 0.4) is 0 Å². The molecule has 3 aromatic rings. The molecule has 0 saturated heterocycles. The van der Waals surface area contributed by atoms with Crippen molar-refractivity contribution in [3.8, 4) is 17.2 Å². The predicted molar refractivity (Wildman–Crippen MR) is 98.4 cm³/mol. The van der Waals surface area contributed by atoms with Crippen molar-refractivity contribution in [2.75, 3.05) is 0 Å². The van der Waals surface area contributed by atoms with Gasteiger partial charge in [-0.05, 0) is 36.8 Å². The summed E-state index contributed by atoms with van der Waals surface area (Å²) in [5, 5.41) is 10.2. The summed E-state index contributed by atoms with van der Waals surface area (Å²) in [6.07, 6.45) is 2.29. The molecule has 0 radical (unpaired) electrons. The van der Waals surface area contributed by atoms with E-state index in [-0.39, 0.29) is 11.5 Å². The van der Waals surface area contributed by atoms with Crippen LogP contribution in [-0.2, 0) is 6.42 Å². The van der Waals surface area contributed by atoms with Crippen LogP contribution < -0.4 is 4.74 Å². The molecule has 0 bridgehead atoms. The fraction of sp³-hybridized carbons (Fsp3) is 0.0455. The Labute approximate surface area is 146 Å². The van der Waals surface area contributed by atoms with Crippen molar-refractivity contribution in [2.45, 2.75) is 6.42 Å². The molecule has 3 heteroatoms. The van der Waals surface area contributed by atoms with E-state index in [9.17, 15) is 9.90 Å². The molecule has 0 amide bonds. The minimum absolute atomic E-state index is 0.0389. The Balaban J connectivity index is 1.79. The van der Waals surface area contributed by atoms with Crippen molar-refractivity contribution in [3.63, 3.8) is 0 Å². The number of aromatic hydroxyl groups is 1. The molecule has 0 atom stereocenters. The number of phenols is 1. The van der Waals surface area contributed by atoms with Crippen LogP contribution in [-0.4, -0.2) is 10.9 Å². The minimum atomic E-state index is -0.0389. The van der Waals surface area contributed by atoms with E-state index in [1.807, 2.05) is 30.3 Å². The van der Waals surface area contributed by atoms with E-state index >= 15 is 0 Å². The number of carbonyl (C=O) groups excluding carboxylic acids is 1. The van der Waals surface area contributed by atoms with Crippen molar-refractivity contribution in [1.29, 1.82) is 0 Å². The third-order valence-corrected chi connectivity index (χ3v) is 3.83. The molecule has 0 aliphatic carbocycles. The maximum Gasteiger partial charge on any atom is 0.193 e. The molecule has 3 rings (SSSR count). The van der Waals surface area contributed by atoms with Gasteiger partial charge in [-0.3, -0.25) is 4.79 Å². The summed E-state index contributed by atoms with van der Waals surface area (Å²) in [6, 6.07) is 21.3. The van der Waals surface area contributed by atoms with E-state index in [2.05, 4.69) is 6.58 Å². The van der Waals surface area contributed by atoms with Crippen LogP contribution >= 0.6 is 0 Å². The van der Waals surface area contributed by atoms with Gasteiger partial charge in [0.2, 0.25) is 0 Å². The zero-order chi connectivity index (χ0) is 17.6. The molecule has 25 heavy (non-hydrogen) atoms. The highest BCUT2D eigenvalue weighted by atomic mass is 16.5. The van der Waals surface area contributed by atoms with Crippen LogP contribution in [0, 0.1) is 0 Å². The average Bonchev–Trinajstić information content (AvgIpc) is 2.66. The van der Waals surface area contributed by atoms with Gasteiger partial charge >= 0.3 is 0 Å². The molecule has 3 nitrogen and oxygen atoms in total. The van der Waals surface area contributed by atoms with Crippen molar-refractivity contribution in [3.05, 3.63) is 102 Å². The summed E-state index contributed by atoms with van der Waals surface area (Å²) in [4.78, 5) is 12.4. The monoisotopic (exact) mass is 330 g/mol. The van der Waals surface area contributed by atoms with Crippen molar-refractivity contribution >= 4 is 5.78 Å². The normalized spacial score (nSPS) is 10.2. The molecule has 0 saturated carbocycles. The highest BCUT2D eigenvalue weighted by Gasteiger charge is 2.10. The maximum absolute atomic E-state index is 12.4. The molecule has 1 N–H and O–H groups in total. The Hall–Kier alpha value is -3.33. The van der Waals surface area contributed by atoms with Crippen LogP contribution in [0.4, 0.5) is 0 Å². The quantitative estimate of drug-likeness (QED) is 0.502. The molecule has 0 spiro atoms. The Kier molecular flexibility index (Phi) is 4.95. The lowest BCUT2D eigenvalue weighted by Crippen LogP contribution is -2.00. The van der Waals surface area contributed by atoms with Gasteiger partial charge in [0.25, 0.3) is 0 Å². The lowest BCUT2D eigenvalue weighted by Gasteiger charge is -2.10. The number of rotatable bonds is 6. The zero-order valence-corrected chi connectivity index (χ0v) is 13.7. The first-order valence-corrected chi connectivity index (χ1v) is 7.98. The molecule has 0 heterocycles. The Bertz CT molecular complexity index is 881. The number of para-hydroxylation sites is 1. The molecule has 3 aromatic carbocycles. The van der Waals surface area contributed by atoms with Gasteiger partial charge in [-0.1, -0.05) is 48.5 Å². The molecule has 0 unspecified atom stereocenters. The van der Waals surface area contributed by atoms with Crippen LogP contribution in [0.25, 0.3) is 0 Å².